The first-order chi connectivity index (χ1) is 26.6. The van der Waals surface area contributed by atoms with Gasteiger partial charge in [0.15, 0.2) is 5.58 Å². The molecule has 7 aromatic carbocycles. The summed E-state index contributed by atoms with van der Waals surface area (Å²) >= 11 is 0. The van der Waals surface area contributed by atoms with Crippen LogP contribution in [0.5, 0.6) is 0 Å². The van der Waals surface area contributed by atoms with E-state index in [-0.39, 0.29) is 5.41 Å². The fourth-order valence-corrected chi connectivity index (χ4v) is 9.37. The molecule has 0 fully saturated rings. The van der Waals surface area contributed by atoms with Crippen molar-refractivity contribution in [3.05, 3.63) is 169 Å². The lowest BCUT2D eigenvalue weighted by atomic mass is 9.81. The molecular formula is C49H32N4O. The van der Waals surface area contributed by atoms with E-state index in [1.807, 2.05) is 24.3 Å². The Morgan fingerprint density at radius 3 is 1.96 bits per heavy atom. The molecule has 4 heterocycles. The first-order valence-corrected chi connectivity index (χ1v) is 18.5. The van der Waals surface area contributed by atoms with Crippen molar-refractivity contribution in [1.29, 1.82) is 0 Å². The number of hydrogen-bond acceptors (Lipinski definition) is 3. The highest BCUT2D eigenvalue weighted by Crippen LogP contribution is 2.53. The van der Waals surface area contributed by atoms with E-state index in [9.17, 15) is 0 Å². The molecule has 11 aromatic rings. The molecule has 0 spiro atoms. The molecule has 54 heavy (non-hydrogen) atoms. The molecule has 0 unspecified atom stereocenters. The van der Waals surface area contributed by atoms with Crippen LogP contribution in [0.25, 0.3) is 99.7 Å². The van der Waals surface area contributed by atoms with E-state index < -0.39 is 0 Å². The van der Waals surface area contributed by atoms with Gasteiger partial charge in [0.25, 0.3) is 0 Å². The Labute approximate surface area is 310 Å². The quantitative estimate of drug-likeness (QED) is 0.185. The number of rotatable bonds is 3. The van der Waals surface area contributed by atoms with Crippen LogP contribution in [0.3, 0.4) is 0 Å². The Hall–Kier alpha value is -6.98. The van der Waals surface area contributed by atoms with E-state index >= 15 is 0 Å². The zero-order valence-corrected chi connectivity index (χ0v) is 29.7. The molecule has 5 nitrogen and oxygen atoms in total. The smallest absolute Gasteiger partial charge is 0.236 e. The zero-order chi connectivity index (χ0) is 35.7. The van der Waals surface area contributed by atoms with Crippen molar-refractivity contribution in [2.75, 3.05) is 0 Å². The van der Waals surface area contributed by atoms with E-state index in [0.29, 0.717) is 11.5 Å². The predicted octanol–water partition coefficient (Wildman–Crippen LogP) is 12.5. The predicted molar refractivity (Wildman–Crippen MR) is 221 cm³/mol. The normalized spacial score (nSPS) is 13.5. The van der Waals surface area contributed by atoms with Gasteiger partial charge in [0.1, 0.15) is 16.8 Å². The summed E-state index contributed by atoms with van der Waals surface area (Å²) in [4.78, 5) is 10.9. The van der Waals surface area contributed by atoms with Crippen LogP contribution in [0.1, 0.15) is 25.0 Å². The standard InChI is InChI=1S/C49H32N4O/c1-49(2)38-20-10-6-16-31(38)35-26-27-36-34-25-24-30(52-39-21-11-7-17-32(39)33-18-8-12-22-40(33)52)28-41(34)53(46(36)43(35)49)48-50-44(29-14-4-3-5-15-29)47-45(51-48)37-19-9-13-23-42(37)54-47/h3-28H,1-2H3. The Bertz CT molecular complexity index is 3310. The molecule has 12 rings (SSSR count). The van der Waals surface area contributed by atoms with Crippen LogP contribution in [0, 0.1) is 0 Å². The number of hydrogen-bond donors (Lipinski definition) is 0. The molecule has 0 saturated carbocycles. The Morgan fingerprint density at radius 1 is 0.519 bits per heavy atom. The summed E-state index contributed by atoms with van der Waals surface area (Å²) in [6.07, 6.45) is 0. The van der Waals surface area contributed by atoms with Crippen molar-refractivity contribution in [3.8, 4) is 34.0 Å². The largest absolute Gasteiger partial charge is 0.452 e. The maximum Gasteiger partial charge on any atom is 0.236 e. The summed E-state index contributed by atoms with van der Waals surface area (Å²) in [5.74, 6) is 0.618. The molecule has 0 saturated heterocycles. The molecule has 1 aliphatic rings. The fraction of sp³-hybridized carbons (Fsp3) is 0.0612. The number of nitrogens with zero attached hydrogens (tertiary/aromatic N) is 4. The highest BCUT2D eigenvalue weighted by molar-refractivity contribution is 6.15. The van der Waals surface area contributed by atoms with E-state index in [1.165, 1.54) is 49.4 Å². The van der Waals surface area contributed by atoms with Crippen LogP contribution < -0.4 is 0 Å². The van der Waals surface area contributed by atoms with Gasteiger partial charge in [-0.1, -0.05) is 135 Å². The van der Waals surface area contributed by atoms with Gasteiger partial charge in [0.2, 0.25) is 5.95 Å². The van der Waals surface area contributed by atoms with Gasteiger partial charge in [-0.2, -0.15) is 0 Å². The third kappa shape index (κ3) is 3.83. The molecule has 0 atom stereocenters. The monoisotopic (exact) mass is 692 g/mol. The van der Waals surface area contributed by atoms with Gasteiger partial charge in [-0.05, 0) is 58.7 Å². The lowest BCUT2D eigenvalue weighted by molar-refractivity contribution is 0.662. The summed E-state index contributed by atoms with van der Waals surface area (Å²) in [6, 6.07) is 56.2. The van der Waals surface area contributed by atoms with Crippen molar-refractivity contribution in [3.63, 3.8) is 0 Å². The second-order valence-electron chi connectivity index (χ2n) is 15.0. The van der Waals surface area contributed by atoms with E-state index in [1.54, 1.807) is 0 Å². The van der Waals surface area contributed by atoms with Crippen LogP contribution in [-0.2, 0) is 5.41 Å². The van der Waals surface area contributed by atoms with Crippen molar-refractivity contribution < 1.29 is 4.42 Å². The van der Waals surface area contributed by atoms with E-state index in [0.717, 1.165) is 49.9 Å². The summed E-state index contributed by atoms with van der Waals surface area (Å²) in [6.45, 7) is 4.71. The molecular weight excluding hydrogens is 661 g/mol. The van der Waals surface area contributed by atoms with Crippen molar-refractivity contribution in [2.24, 2.45) is 0 Å². The molecule has 4 aromatic heterocycles. The Morgan fingerprint density at radius 2 is 1.17 bits per heavy atom. The molecule has 5 heteroatoms. The first-order valence-electron chi connectivity index (χ1n) is 18.5. The molecule has 0 amide bonds. The van der Waals surface area contributed by atoms with Crippen LogP contribution in [0.4, 0.5) is 0 Å². The van der Waals surface area contributed by atoms with Crippen molar-refractivity contribution in [1.82, 2.24) is 19.1 Å². The van der Waals surface area contributed by atoms with Gasteiger partial charge in [-0.3, -0.25) is 4.57 Å². The zero-order valence-electron chi connectivity index (χ0n) is 29.7. The van der Waals surface area contributed by atoms with E-state index in [2.05, 4.69) is 156 Å². The van der Waals surface area contributed by atoms with Gasteiger partial charge in [-0.15, -0.1) is 0 Å². The number of para-hydroxylation sites is 3. The number of benzene rings is 7. The minimum atomic E-state index is -0.262. The van der Waals surface area contributed by atoms with Crippen LogP contribution >= 0.6 is 0 Å². The average molecular weight is 693 g/mol. The third-order valence-electron chi connectivity index (χ3n) is 11.7. The maximum absolute atomic E-state index is 6.55. The van der Waals surface area contributed by atoms with Gasteiger partial charge in [0.05, 0.1) is 22.1 Å². The summed E-state index contributed by atoms with van der Waals surface area (Å²) < 4.78 is 11.3. The molecule has 0 bridgehead atoms. The lowest BCUT2D eigenvalue weighted by Crippen LogP contribution is -2.17. The first kappa shape index (κ1) is 29.6. The minimum absolute atomic E-state index is 0.262. The molecule has 254 valence electrons. The molecule has 1 aliphatic carbocycles. The van der Waals surface area contributed by atoms with Gasteiger partial charge in [-0.25, -0.2) is 9.97 Å². The number of fused-ring (bicyclic) bond motifs is 13. The van der Waals surface area contributed by atoms with Crippen LogP contribution in [0.2, 0.25) is 0 Å². The SMILES string of the molecule is CC1(C)c2ccccc2-c2ccc3c4ccc(-n5c6ccccc6c6ccccc65)cc4n(-c4nc(-c5ccccc5)c5oc6ccccc6c5n4)c3c21. The second kappa shape index (κ2) is 10.6. The second-order valence-corrected chi connectivity index (χ2v) is 15.0. The fourth-order valence-electron chi connectivity index (χ4n) is 9.37. The maximum atomic E-state index is 6.55. The topological polar surface area (TPSA) is 48.8 Å². The summed E-state index contributed by atoms with van der Waals surface area (Å²) in [7, 11) is 0. The van der Waals surface area contributed by atoms with Gasteiger partial charge >= 0.3 is 0 Å². The highest BCUT2D eigenvalue weighted by Gasteiger charge is 2.39. The minimum Gasteiger partial charge on any atom is -0.452 e. The lowest BCUT2D eigenvalue weighted by Gasteiger charge is -2.23. The Kier molecular flexibility index (Phi) is 5.78. The van der Waals surface area contributed by atoms with Gasteiger partial charge < -0.3 is 8.98 Å². The molecule has 0 aliphatic heterocycles. The van der Waals surface area contributed by atoms with Gasteiger partial charge in [0, 0.05) is 43.6 Å². The van der Waals surface area contributed by atoms with E-state index in [4.69, 9.17) is 14.4 Å². The number of aromatic nitrogens is 4. The highest BCUT2D eigenvalue weighted by atomic mass is 16.3. The van der Waals surface area contributed by atoms with Crippen molar-refractivity contribution in [2.45, 2.75) is 19.3 Å². The summed E-state index contributed by atoms with van der Waals surface area (Å²) in [5.41, 5.74) is 14.6. The average Bonchev–Trinajstić information content (AvgIpc) is 3.93. The van der Waals surface area contributed by atoms with Crippen molar-refractivity contribution >= 4 is 65.7 Å². The third-order valence-corrected chi connectivity index (χ3v) is 11.7. The van der Waals surface area contributed by atoms with Crippen LogP contribution in [-0.4, -0.2) is 19.1 Å². The summed E-state index contributed by atoms with van der Waals surface area (Å²) in [5, 5.41) is 5.78. The molecule has 0 radical (unpaired) electrons. The molecule has 0 N–H and O–H groups in total. The number of furan rings is 1. The van der Waals surface area contributed by atoms with Crippen LogP contribution in [0.15, 0.2) is 162 Å². The Balaban J connectivity index is 1.26.